The summed E-state index contributed by atoms with van der Waals surface area (Å²) in [5, 5.41) is 14.6. The van der Waals surface area contributed by atoms with Gasteiger partial charge in [-0.1, -0.05) is 47.2 Å². The molecule has 1 aromatic heterocycles. The number of hydrogen-bond acceptors (Lipinski definition) is 5. The fourth-order valence-corrected chi connectivity index (χ4v) is 3.07. The number of carbonyl (C=O) groups excluding carboxylic acids is 1. The van der Waals surface area contributed by atoms with E-state index in [4.69, 9.17) is 4.74 Å². The first-order valence-corrected chi connectivity index (χ1v) is 8.99. The normalized spacial score (nSPS) is 10.4. The molecule has 0 radical (unpaired) electrons. The van der Waals surface area contributed by atoms with Gasteiger partial charge >= 0.3 is 6.03 Å². The highest BCUT2D eigenvalue weighted by Gasteiger charge is 2.10. The zero-order chi connectivity index (χ0) is 18.5. The van der Waals surface area contributed by atoms with Crippen LogP contribution in [0, 0.1) is 20.8 Å². The Labute approximate surface area is 156 Å². The Morgan fingerprint density at radius 2 is 1.69 bits per heavy atom. The first-order chi connectivity index (χ1) is 12.5. The van der Waals surface area contributed by atoms with E-state index in [1.165, 1.54) is 11.3 Å². The SMILES string of the molecule is Cc1ccc(NC(=O)Nc2nnc(COc3c(C)cccc3C)s2)cc1. The molecule has 2 aromatic carbocycles. The number of para-hydroxylation sites is 1. The number of aromatic nitrogens is 2. The van der Waals surface area contributed by atoms with Crippen molar-refractivity contribution in [3.05, 3.63) is 64.2 Å². The van der Waals surface area contributed by atoms with Crippen LogP contribution in [0.2, 0.25) is 0 Å². The first-order valence-electron chi connectivity index (χ1n) is 8.17. The van der Waals surface area contributed by atoms with Crippen LogP contribution in [0.3, 0.4) is 0 Å². The van der Waals surface area contributed by atoms with Crippen LogP contribution in [0.1, 0.15) is 21.7 Å². The van der Waals surface area contributed by atoms with Crippen LogP contribution in [0.15, 0.2) is 42.5 Å². The molecule has 0 aliphatic heterocycles. The molecule has 26 heavy (non-hydrogen) atoms. The van der Waals surface area contributed by atoms with Gasteiger partial charge in [-0.05, 0) is 44.0 Å². The van der Waals surface area contributed by atoms with Gasteiger partial charge in [-0.15, -0.1) is 10.2 Å². The summed E-state index contributed by atoms with van der Waals surface area (Å²) in [6.07, 6.45) is 0. The van der Waals surface area contributed by atoms with Crippen LogP contribution in [0.5, 0.6) is 5.75 Å². The van der Waals surface area contributed by atoms with Crippen LogP contribution in [-0.2, 0) is 6.61 Å². The van der Waals surface area contributed by atoms with Crippen molar-refractivity contribution in [3.63, 3.8) is 0 Å². The largest absolute Gasteiger partial charge is 0.486 e. The van der Waals surface area contributed by atoms with Crippen LogP contribution >= 0.6 is 11.3 Å². The molecular weight excluding hydrogens is 348 g/mol. The summed E-state index contributed by atoms with van der Waals surface area (Å²) in [6.45, 7) is 6.31. The van der Waals surface area contributed by atoms with E-state index >= 15 is 0 Å². The lowest BCUT2D eigenvalue weighted by Crippen LogP contribution is -2.19. The number of carbonyl (C=O) groups is 1. The minimum absolute atomic E-state index is 0.310. The van der Waals surface area contributed by atoms with Crippen molar-refractivity contribution in [2.45, 2.75) is 27.4 Å². The van der Waals surface area contributed by atoms with Crippen molar-refractivity contribution < 1.29 is 9.53 Å². The third kappa shape index (κ3) is 4.58. The molecule has 0 saturated carbocycles. The molecule has 0 aliphatic rings. The third-order valence-corrected chi connectivity index (χ3v) is 4.56. The summed E-state index contributed by atoms with van der Waals surface area (Å²) in [5.41, 5.74) is 4.00. The van der Waals surface area contributed by atoms with E-state index in [0.29, 0.717) is 16.7 Å². The van der Waals surface area contributed by atoms with Crippen LogP contribution in [0.4, 0.5) is 15.6 Å². The molecule has 0 saturated heterocycles. The second-order valence-electron chi connectivity index (χ2n) is 5.96. The van der Waals surface area contributed by atoms with E-state index in [0.717, 1.165) is 28.1 Å². The molecule has 0 bridgehead atoms. The molecule has 0 aliphatic carbocycles. The van der Waals surface area contributed by atoms with Gasteiger partial charge in [-0.25, -0.2) is 4.79 Å². The minimum Gasteiger partial charge on any atom is -0.486 e. The maximum absolute atomic E-state index is 12.0. The Kier molecular flexibility index (Phi) is 5.48. The van der Waals surface area contributed by atoms with Crippen LogP contribution in [-0.4, -0.2) is 16.2 Å². The summed E-state index contributed by atoms with van der Waals surface area (Å²) < 4.78 is 5.86. The van der Waals surface area contributed by atoms with Gasteiger partial charge in [0, 0.05) is 5.69 Å². The van der Waals surface area contributed by atoms with Gasteiger partial charge in [0.1, 0.15) is 12.4 Å². The smallest absolute Gasteiger partial charge is 0.325 e. The maximum Gasteiger partial charge on any atom is 0.325 e. The van der Waals surface area contributed by atoms with E-state index in [9.17, 15) is 4.79 Å². The molecule has 7 heteroatoms. The Morgan fingerprint density at radius 3 is 2.38 bits per heavy atom. The van der Waals surface area contributed by atoms with Crippen LogP contribution in [0.25, 0.3) is 0 Å². The summed E-state index contributed by atoms with van der Waals surface area (Å²) in [6, 6.07) is 13.2. The number of rotatable bonds is 5. The average molecular weight is 368 g/mol. The van der Waals surface area contributed by atoms with E-state index in [1.54, 1.807) is 0 Å². The predicted molar refractivity (Wildman–Crippen MR) is 104 cm³/mol. The number of nitrogens with one attached hydrogen (secondary N) is 2. The highest BCUT2D eigenvalue weighted by molar-refractivity contribution is 7.15. The standard InChI is InChI=1S/C19H20N4O2S/c1-12-7-9-15(10-8-12)20-18(24)21-19-23-22-16(26-19)11-25-17-13(2)5-4-6-14(17)3/h4-10H,11H2,1-3H3,(H2,20,21,23,24). The lowest BCUT2D eigenvalue weighted by atomic mass is 10.1. The first kappa shape index (κ1) is 17.9. The summed E-state index contributed by atoms with van der Waals surface area (Å²) in [5.74, 6) is 0.856. The molecule has 2 N–H and O–H groups in total. The fourth-order valence-electron chi connectivity index (χ4n) is 2.42. The van der Waals surface area contributed by atoms with Crippen molar-refractivity contribution >= 4 is 28.2 Å². The molecule has 0 fully saturated rings. The van der Waals surface area contributed by atoms with Gasteiger partial charge < -0.3 is 10.1 Å². The number of urea groups is 1. The molecule has 0 atom stereocenters. The molecule has 3 aromatic rings. The molecule has 2 amide bonds. The van der Waals surface area contributed by atoms with Crippen molar-refractivity contribution in [1.82, 2.24) is 10.2 Å². The number of anilines is 2. The number of amides is 2. The Bertz CT molecular complexity index is 886. The van der Waals surface area contributed by atoms with Crippen LogP contribution < -0.4 is 15.4 Å². The fraction of sp³-hybridized carbons (Fsp3) is 0.211. The van der Waals surface area contributed by atoms with Gasteiger partial charge in [0.25, 0.3) is 0 Å². The summed E-state index contributed by atoms with van der Waals surface area (Å²) in [7, 11) is 0. The lowest BCUT2D eigenvalue weighted by molar-refractivity contribution is 0.262. The second kappa shape index (κ2) is 7.97. The maximum atomic E-state index is 12.0. The van der Waals surface area contributed by atoms with Gasteiger partial charge in [0.05, 0.1) is 0 Å². The zero-order valence-corrected chi connectivity index (χ0v) is 15.7. The van der Waals surface area contributed by atoms with E-state index in [-0.39, 0.29) is 6.03 Å². The highest BCUT2D eigenvalue weighted by Crippen LogP contribution is 2.24. The number of nitrogens with zero attached hydrogens (tertiary/aromatic N) is 2. The zero-order valence-electron chi connectivity index (χ0n) is 14.9. The van der Waals surface area contributed by atoms with Gasteiger partial charge in [0.15, 0.2) is 5.01 Å². The molecule has 0 spiro atoms. The van der Waals surface area contributed by atoms with E-state index in [2.05, 4.69) is 20.8 Å². The topological polar surface area (TPSA) is 76.1 Å². The molecular formula is C19H20N4O2S. The number of ether oxygens (including phenoxy) is 1. The van der Waals surface area contributed by atoms with Crippen molar-refractivity contribution in [1.29, 1.82) is 0 Å². The molecule has 0 unspecified atom stereocenters. The van der Waals surface area contributed by atoms with E-state index < -0.39 is 0 Å². The second-order valence-corrected chi connectivity index (χ2v) is 7.02. The Hall–Kier alpha value is -2.93. The minimum atomic E-state index is -0.354. The molecule has 6 nitrogen and oxygen atoms in total. The van der Waals surface area contributed by atoms with Crippen molar-refractivity contribution in [2.75, 3.05) is 10.6 Å². The quantitative estimate of drug-likeness (QED) is 0.685. The molecule has 3 rings (SSSR count). The van der Waals surface area contributed by atoms with Crippen molar-refractivity contribution in [2.24, 2.45) is 0 Å². The van der Waals surface area contributed by atoms with Gasteiger partial charge in [0.2, 0.25) is 5.13 Å². The Morgan fingerprint density at radius 1 is 1.00 bits per heavy atom. The monoisotopic (exact) mass is 368 g/mol. The summed E-state index contributed by atoms with van der Waals surface area (Å²) in [4.78, 5) is 12.0. The number of hydrogen-bond donors (Lipinski definition) is 2. The lowest BCUT2D eigenvalue weighted by Gasteiger charge is -2.10. The molecule has 134 valence electrons. The van der Waals surface area contributed by atoms with Gasteiger partial charge in [-0.2, -0.15) is 0 Å². The average Bonchev–Trinajstić information content (AvgIpc) is 3.04. The third-order valence-electron chi connectivity index (χ3n) is 3.75. The summed E-state index contributed by atoms with van der Waals surface area (Å²) >= 11 is 1.29. The highest BCUT2D eigenvalue weighted by atomic mass is 32.1. The molecule has 1 heterocycles. The Balaban J connectivity index is 1.56. The van der Waals surface area contributed by atoms with E-state index in [1.807, 2.05) is 63.2 Å². The van der Waals surface area contributed by atoms with Gasteiger partial charge in [-0.3, -0.25) is 5.32 Å². The number of benzene rings is 2. The van der Waals surface area contributed by atoms with Crippen molar-refractivity contribution in [3.8, 4) is 5.75 Å². The number of aryl methyl sites for hydroxylation is 3. The predicted octanol–water partition coefficient (Wildman–Crippen LogP) is 4.69.